The number of nitrogens with zero attached hydrogens (tertiary/aromatic N) is 1. The number of hydrogen-bond acceptors (Lipinski definition) is 5. The number of carbonyl (C=O) groups excluding carboxylic acids is 2. The van der Waals surface area contributed by atoms with E-state index in [-0.39, 0.29) is 23.5 Å². The first-order valence-electron chi connectivity index (χ1n) is 10.4. The minimum absolute atomic E-state index is 0.0307. The van der Waals surface area contributed by atoms with Crippen LogP contribution in [0.5, 0.6) is 5.75 Å². The molecule has 1 unspecified atom stereocenters. The second-order valence-corrected chi connectivity index (χ2v) is 14.0. The average molecular weight is 438 g/mol. The third-order valence-electron chi connectivity index (χ3n) is 4.24. The fraction of sp³-hybridized carbons (Fsp3) is 0.636. The van der Waals surface area contributed by atoms with Crippen LogP contribution in [0, 0.1) is 0 Å². The molecule has 2 N–H and O–H groups in total. The number of ether oxygens (including phenoxy) is 1. The summed E-state index contributed by atoms with van der Waals surface area (Å²) in [5.74, 6) is 0.365. The summed E-state index contributed by atoms with van der Waals surface area (Å²) >= 11 is 0. The lowest BCUT2D eigenvalue weighted by atomic mass is 10.1. The van der Waals surface area contributed by atoms with Gasteiger partial charge < -0.3 is 24.7 Å². The highest BCUT2D eigenvalue weighted by molar-refractivity contribution is 6.69. The van der Waals surface area contributed by atoms with E-state index in [0.717, 1.165) is 0 Å². The molecule has 1 rings (SSSR count). The Morgan fingerprint density at radius 1 is 1.20 bits per heavy atom. The lowest BCUT2D eigenvalue weighted by molar-refractivity contribution is 0.0990. The first-order chi connectivity index (χ1) is 13.7. The molecule has 30 heavy (non-hydrogen) atoms. The van der Waals surface area contributed by atoms with Crippen molar-refractivity contribution in [3.8, 4) is 5.75 Å². The van der Waals surface area contributed by atoms with Crippen LogP contribution in [0.4, 0.5) is 10.5 Å². The number of urea groups is 1. The van der Waals surface area contributed by atoms with E-state index in [4.69, 9.17) is 9.16 Å². The van der Waals surface area contributed by atoms with Gasteiger partial charge in [-0.2, -0.15) is 0 Å². The van der Waals surface area contributed by atoms with Crippen LogP contribution in [0.25, 0.3) is 0 Å². The number of rotatable bonds is 10. The summed E-state index contributed by atoms with van der Waals surface area (Å²) in [6.07, 6.45) is -0.131. The third kappa shape index (κ3) is 9.73. The minimum Gasteiger partial charge on any atom is -0.490 e. The van der Waals surface area contributed by atoms with E-state index in [1.165, 1.54) is 6.92 Å². The fourth-order valence-corrected chi connectivity index (χ4v) is 3.76. The van der Waals surface area contributed by atoms with Crippen LogP contribution in [-0.2, 0) is 4.43 Å². The number of anilines is 1. The topological polar surface area (TPSA) is 79.9 Å². The van der Waals surface area contributed by atoms with Crippen LogP contribution < -0.4 is 15.4 Å². The number of Topliss-reactive ketones (excluding diaryl/α,β-unsaturated/α-hetero) is 1. The Morgan fingerprint density at radius 3 is 2.33 bits per heavy atom. The van der Waals surface area contributed by atoms with Crippen LogP contribution in [0.2, 0.25) is 19.6 Å². The van der Waals surface area contributed by atoms with Crippen molar-refractivity contribution in [1.82, 2.24) is 10.2 Å². The summed E-state index contributed by atoms with van der Waals surface area (Å²) in [5, 5.41) is 6.26. The molecule has 0 fully saturated rings. The van der Waals surface area contributed by atoms with Crippen molar-refractivity contribution in [2.24, 2.45) is 0 Å². The number of carbonyl (C=O) groups is 2. The SMILES string of the molecule is CCN(C)C(=O)Nc1ccc(OCC(CNC(C)(C)C)O[Si](C)(C)C)c(C(C)=O)c1. The van der Waals surface area contributed by atoms with Gasteiger partial charge in [0.2, 0.25) is 0 Å². The Kier molecular flexibility index (Phi) is 9.52. The zero-order chi connectivity index (χ0) is 23.1. The Balaban J connectivity index is 2.94. The van der Waals surface area contributed by atoms with Crippen molar-refractivity contribution < 1.29 is 18.8 Å². The van der Waals surface area contributed by atoms with Crippen molar-refractivity contribution in [2.75, 3.05) is 32.1 Å². The number of ketones is 1. The molecule has 1 atom stereocenters. The molecule has 0 spiro atoms. The Morgan fingerprint density at radius 2 is 1.83 bits per heavy atom. The number of nitrogens with one attached hydrogen (secondary N) is 2. The molecule has 0 aliphatic heterocycles. The van der Waals surface area contributed by atoms with Gasteiger partial charge in [-0.25, -0.2) is 4.79 Å². The largest absolute Gasteiger partial charge is 0.490 e. The highest BCUT2D eigenvalue weighted by Crippen LogP contribution is 2.24. The smallest absolute Gasteiger partial charge is 0.321 e. The standard InChI is InChI=1S/C22H39N3O4Si/c1-10-25(6)21(27)24-17-11-12-20(19(13-17)16(2)26)28-15-18(29-30(7,8)9)14-23-22(3,4)5/h11-13,18,23H,10,14-15H2,1-9H3,(H,24,27). The number of amides is 2. The van der Waals surface area contributed by atoms with Crippen molar-refractivity contribution in [3.63, 3.8) is 0 Å². The van der Waals surface area contributed by atoms with Gasteiger partial charge in [-0.3, -0.25) is 4.79 Å². The van der Waals surface area contributed by atoms with Gasteiger partial charge in [-0.15, -0.1) is 0 Å². The molecule has 7 nitrogen and oxygen atoms in total. The van der Waals surface area contributed by atoms with Crippen LogP contribution in [0.15, 0.2) is 18.2 Å². The average Bonchev–Trinajstić information content (AvgIpc) is 2.61. The second kappa shape index (κ2) is 10.9. The van der Waals surface area contributed by atoms with E-state index in [2.05, 4.69) is 51.0 Å². The molecule has 8 heteroatoms. The number of hydrogen-bond donors (Lipinski definition) is 2. The maximum Gasteiger partial charge on any atom is 0.321 e. The molecule has 0 radical (unpaired) electrons. The first kappa shape index (κ1) is 26.1. The normalized spacial score (nSPS) is 13.0. The van der Waals surface area contributed by atoms with Gasteiger partial charge in [-0.1, -0.05) is 0 Å². The van der Waals surface area contributed by atoms with E-state index in [1.807, 2.05) is 6.92 Å². The summed E-state index contributed by atoms with van der Waals surface area (Å²) in [7, 11) is -0.0598. The van der Waals surface area contributed by atoms with Crippen LogP contribution in [0.3, 0.4) is 0 Å². The van der Waals surface area contributed by atoms with Gasteiger partial charge in [0.15, 0.2) is 14.1 Å². The van der Waals surface area contributed by atoms with Gasteiger partial charge in [-0.05, 0) is 72.5 Å². The lowest BCUT2D eigenvalue weighted by Gasteiger charge is -2.30. The van der Waals surface area contributed by atoms with E-state index < -0.39 is 8.32 Å². The Hall–Kier alpha value is -1.90. The van der Waals surface area contributed by atoms with Crippen molar-refractivity contribution in [2.45, 2.75) is 65.9 Å². The third-order valence-corrected chi connectivity index (χ3v) is 5.28. The maximum absolute atomic E-state index is 12.2. The van der Waals surface area contributed by atoms with E-state index in [9.17, 15) is 9.59 Å². The predicted molar refractivity (Wildman–Crippen MR) is 125 cm³/mol. The van der Waals surface area contributed by atoms with Crippen molar-refractivity contribution in [1.29, 1.82) is 0 Å². The summed E-state index contributed by atoms with van der Waals surface area (Å²) in [5.41, 5.74) is 0.960. The molecule has 0 aliphatic rings. The zero-order valence-corrected chi connectivity index (χ0v) is 21.0. The molecule has 2 amide bonds. The molecule has 0 bridgehead atoms. The predicted octanol–water partition coefficient (Wildman–Crippen LogP) is 4.36. The quantitative estimate of drug-likeness (QED) is 0.420. The van der Waals surface area contributed by atoms with Crippen molar-refractivity contribution >= 4 is 25.8 Å². The highest BCUT2D eigenvalue weighted by atomic mass is 28.4. The highest BCUT2D eigenvalue weighted by Gasteiger charge is 2.24. The Labute approximate surface area is 182 Å². The molecule has 170 valence electrons. The van der Waals surface area contributed by atoms with Crippen LogP contribution >= 0.6 is 0 Å². The summed E-state index contributed by atoms with van der Waals surface area (Å²) in [6.45, 7) is 17.7. The van der Waals surface area contributed by atoms with E-state index >= 15 is 0 Å². The molecular weight excluding hydrogens is 398 g/mol. The van der Waals surface area contributed by atoms with Gasteiger partial charge in [0, 0.05) is 31.4 Å². The van der Waals surface area contributed by atoms with Crippen LogP contribution in [0.1, 0.15) is 45.0 Å². The molecule has 0 aromatic heterocycles. The lowest BCUT2D eigenvalue weighted by Crippen LogP contribution is -2.46. The summed E-state index contributed by atoms with van der Waals surface area (Å²) < 4.78 is 12.3. The summed E-state index contributed by atoms with van der Waals surface area (Å²) in [6, 6.07) is 4.89. The monoisotopic (exact) mass is 437 g/mol. The van der Waals surface area contributed by atoms with Crippen molar-refractivity contribution in [3.05, 3.63) is 23.8 Å². The van der Waals surface area contributed by atoms with Gasteiger partial charge >= 0.3 is 6.03 Å². The molecule has 0 saturated carbocycles. The van der Waals surface area contributed by atoms with Crippen LogP contribution in [-0.4, -0.2) is 63.4 Å². The van der Waals surface area contributed by atoms with Gasteiger partial charge in [0.1, 0.15) is 12.4 Å². The van der Waals surface area contributed by atoms with Gasteiger partial charge in [0.05, 0.1) is 11.7 Å². The zero-order valence-electron chi connectivity index (χ0n) is 20.0. The Bertz CT molecular complexity index is 726. The van der Waals surface area contributed by atoms with E-state index in [0.29, 0.717) is 36.7 Å². The first-order valence-corrected chi connectivity index (χ1v) is 13.9. The fourth-order valence-electron chi connectivity index (χ4n) is 2.61. The molecule has 0 aliphatic carbocycles. The second-order valence-electron chi connectivity index (χ2n) is 9.51. The molecule has 1 aromatic rings. The number of benzene rings is 1. The van der Waals surface area contributed by atoms with Gasteiger partial charge in [0.25, 0.3) is 0 Å². The van der Waals surface area contributed by atoms with E-state index in [1.54, 1.807) is 30.1 Å². The molecule has 0 heterocycles. The molecule has 1 aromatic carbocycles. The minimum atomic E-state index is -1.77. The summed E-state index contributed by atoms with van der Waals surface area (Å²) in [4.78, 5) is 25.8. The molecule has 0 saturated heterocycles. The molecular formula is C22H39N3O4Si. The maximum atomic E-state index is 12.2.